The van der Waals surface area contributed by atoms with Crippen molar-refractivity contribution < 1.29 is 4.79 Å². The predicted octanol–water partition coefficient (Wildman–Crippen LogP) is 2.76. The molecule has 0 aliphatic carbocycles. The van der Waals surface area contributed by atoms with Crippen molar-refractivity contribution in [3.8, 4) is 5.69 Å². The second-order valence-corrected chi connectivity index (χ2v) is 6.84. The van der Waals surface area contributed by atoms with Gasteiger partial charge in [-0.15, -0.1) is 0 Å². The van der Waals surface area contributed by atoms with E-state index in [0.717, 1.165) is 48.9 Å². The van der Waals surface area contributed by atoms with Gasteiger partial charge in [-0.05, 0) is 44.0 Å². The Bertz CT molecular complexity index is 923. The molecule has 144 valence electrons. The van der Waals surface area contributed by atoms with Crippen LogP contribution in [-0.2, 0) is 0 Å². The van der Waals surface area contributed by atoms with Crippen LogP contribution >= 0.6 is 0 Å². The molecule has 8 heteroatoms. The van der Waals surface area contributed by atoms with Crippen molar-refractivity contribution in [1.29, 1.82) is 0 Å². The SMILES string of the molecule is Cc1nccn1-c1ccc(NC(=O)N[C@@H]2CCCN(c3cnccn3)C2)cc1. The molecule has 28 heavy (non-hydrogen) atoms. The highest BCUT2D eigenvalue weighted by molar-refractivity contribution is 5.89. The van der Waals surface area contributed by atoms with E-state index in [1.54, 1.807) is 24.8 Å². The molecule has 3 heterocycles. The molecule has 2 aromatic heterocycles. The lowest BCUT2D eigenvalue weighted by Crippen LogP contribution is -2.49. The number of carbonyl (C=O) groups excluding carboxylic acids is 1. The summed E-state index contributed by atoms with van der Waals surface area (Å²) in [5.41, 5.74) is 1.76. The molecule has 1 aromatic carbocycles. The first-order valence-electron chi connectivity index (χ1n) is 9.38. The van der Waals surface area contributed by atoms with E-state index in [4.69, 9.17) is 0 Å². The standard InChI is InChI=1S/C20H23N7O/c1-15-22-10-12-27(15)18-6-4-16(5-7-18)24-20(28)25-17-3-2-11-26(14-17)19-13-21-8-9-23-19/h4-10,12-13,17H,2-3,11,14H2,1H3,(H2,24,25,28)/t17-/m1/s1. The van der Waals surface area contributed by atoms with E-state index in [-0.39, 0.29) is 12.1 Å². The molecule has 2 N–H and O–H groups in total. The first-order chi connectivity index (χ1) is 13.7. The topological polar surface area (TPSA) is 88.0 Å². The van der Waals surface area contributed by atoms with Crippen molar-refractivity contribution in [3.05, 3.63) is 61.1 Å². The zero-order chi connectivity index (χ0) is 19.3. The minimum absolute atomic E-state index is 0.0728. The second-order valence-electron chi connectivity index (χ2n) is 6.84. The number of nitrogens with zero attached hydrogens (tertiary/aromatic N) is 5. The number of amides is 2. The first kappa shape index (κ1) is 18.0. The maximum Gasteiger partial charge on any atom is 0.319 e. The van der Waals surface area contributed by atoms with Gasteiger partial charge in [0.25, 0.3) is 0 Å². The summed E-state index contributed by atoms with van der Waals surface area (Å²) in [5, 5.41) is 5.97. The number of piperidine rings is 1. The Labute approximate surface area is 163 Å². The van der Waals surface area contributed by atoms with Crippen LogP contribution in [0, 0.1) is 6.92 Å². The maximum atomic E-state index is 12.4. The third-order valence-corrected chi connectivity index (χ3v) is 4.86. The first-order valence-corrected chi connectivity index (χ1v) is 9.38. The van der Waals surface area contributed by atoms with Crippen molar-refractivity contribution in [2.75, 3.05) is 23.3 Å². The Morgan fingerprint density at radius 2 is 2.00 bits per heavy atom. The largest absolute Gasteiger partial charge is 0.353 e. The fourth-order valence-corrected chi connectivity index (χ4v) is 3.47. The Morgan fingerprint density at radius 3 is 2.71 bits per heavy atom. The van der Waals surface area contributed by atoms with Gasteiger partial charge in [0.15, 0.2) is 0 Å². The molecule has 0 bridgehead atoms. The van der Waals surface area contributed by atoms with Crippen LogP contribution in [0.5, 0.6) is 0 Å². The molecule has 8 nitrogen and oxygen atoms in total. The van der Waals surface area contributed by atoms with Crippen LogP contribution in [0.3, 0.4) is 0 Å². The predicted molar refractivity (Wildman–Crippen MR) is 108 cm³/mol. The normalized spacial score (nSPS) is 16.6. The fraction of sp³-hybridized carbons (Fsp3) is 0.300. The van der Waals surface area contributed by atoms with Crippen LogP contribution in [0.15, 0.2) is 55.2 Å². The summed E-state index contributed by atoms with van der Waals surface area (Å²) in [6.45, 7) is 3.60. The van der Waals surface area contributed by atoms with Crippen LogP contribution in [0.4, 0.5) is 16.3 Å². The number of aryl methyl sites for hydroxylation is 1. The van der Waals surface area contributed by atoms with Crippen molar-refractivity contribution in [2.45, 2.75) is 25.8 Å². The smallest absolute Gasteiger partial charge is 0.319 e. The van der Waals surface area contributed by atoms with Crippen LogP contribution < -0.4 is 15.5 Å². The molecule has 3 aromatic rings. The number of nitrogens with one attached hydrogen (secondary N) is 2. The molecule has 4 rings (SSSR count). The summed E-state index contributed by atoms with van der Waals surface area (Å²) in [6, 6.07) is 7.57. The van der Waals surface area contributed by atoms with Gasteiger partial charge >= 0.3 is 6.03 Å². The molecule has 1 atom stereocenters. The fourth-order valence-electron chi connectivity index (χ4n) is 3.47. The van der Waals surface area contributed by atoms with Crippen LogP contribution in [0.2, 0.25) is 0 Å². The number of hydrogen-bond acceptors (Lipinski definition) is 5. The van der Waals surface area contributed by atoms with Gasteiger partial charge < -0.3 is 20.1 Å². The van der Waals surface area contributed by atoms with Crippen molar-refractivity contribution >= 4 is 17.5 Å². The molecule has 0 unspecified atom stereocenters. The lowest BCUT2D eigenvalue weighted by molar-refractivity contribution is 0.246. The van der Waals surface area contributed by atoms with E-state index < -0.39 is 0 Å². The zero-order valence-corrected chi connectivity index (χ0v) is 15.7. The number of carbonyl (C=O) groups is 1. The van der Waals surface area contributed by atoms with Crippen LogP contribution in [-0.4, -0.2) is 44.7 Å². The number of benzene rings is 1. The summed E-state index contributed by atoms with van der Waals surface area (Å²) in [5.74, 6) is 1.77. The van der Waals surface area contributed by atoms with Gasteiger partial charge in [-0.25, -0.2) is 14.8 Å². The van der Waals surface area contributed by atoms with E-state index in [9.17, 15) is 4.79 Å². The van der Waals surface area contributed by atoms with Crippen LogP contribution in [0.1, 0.15) is 18.7 Å². The molecule has 0 radical (unpaired) electrons. The molecular formula is C20H23N7O. The van der Waals surface area contributed by atoms with Gasteiger partial charge in [0.1, 0.15) is 11.6 Å². The Kier molecular flexibility index (Phi) is 5.18. The third kappa shape index (κ3) is 4.11. The molecule has 1 aliphatic rings. The quantitative estimate of drug-likeness (QED) is 0.730. The number of aromatic nitrogens is 4. The van der Waals surface area contributed by atoms with Crippen LogP contribution in [0.25, 0.3) is 5.69 Å². The number of urea groups is 1. The number of hydrogen-bond donors (Lipinski definition) is 2. The van der Waals surface area contributed by atoms with Crippen molar-refractivity contribution in [3.63, 3.8) is 0 Å². The minimum Gasteiger partial charge on any atom is -0.353 e. The Morgan fingerprint density at radius 1 is 1.14 bits per heavy atom. The second kappa shape index (κ2) is 8.08. The van der Waals surface area contributed by atoms with E-state index in [1.165, 1.54) is 0 Å². The summed E-state index contributed by atoms with van der Waals surface area (Å²) in [4.78, 5) is 27.3. The number of rotatable bonds is 4. The highest BCUT2D eigenvalue weighted by Gasteiger charge is 2.22. The molecule has 1 saturated heterocycles. The van der Waals surface area contributed by atoms with E-state index >= 15 is 0 Å². The maximum absolute atomic E-state index is 12.4. The highest BCUT2D eigenvalue weighted by Crippen LogP contribution is 2.17. The molecular weight excluding hydrogens is 354 g/mol. The molecule has 0 spiro atoms. The summed E-state index contributed by atoms with van der Waals surface area (Å²) < 4.78 is 1.99. The number of imidazole rings is 1. The van der Waals surface area contributed by atoms with Gasteiger partial charge in [0, 0.05) is 55.3 Å². The monoisotopic (exact) mass is 377 g/mol. The minimum atomic E-state index is -0.197. The molecule has 1 fully saturated rings. The number of anilines is 2. The van der Waals surface area contributed by atoms with Crippen molar-refractivity contribution in [1.82, 2.24) is 24.8 Å². The van der Waals surface area contributed by atoms with E-state index in [2.05, 4.69) is 30.5 Å². The zero-order valence-electron chi connectivity index (χ0n) is 15.7. The van der Waals surface area contributed by atoms with Gasteiger partial charge in [-0.2, -0.15) is 0 Å². The average molecular weight is 377 g/mol. The van der Waals surface area contributed by atoms with Gasteiger partial charge in [0.05, 0.1) is 6.20 Å². The molecule has 2 amide bonds. The van der Waals surface area contributed by atoms with Gasteiger partial charge in [0.2, 0.25) is 0 Å². The summed E-state index contributed by atoms with van der Waals surface area (Å²) in [6.07, 6.45) is 10.7. The van der Waals surface area contributed by atoms with Gasteiger partial charge in [-0.1, -0.05) is 0 Å². The summed E-state index contributed by atoms with van der Waals surface area (Å²) in [7, 11) is 0. The lowest BCUT2D eigenvalue weighted by atomic mass is 10.1. The van der Waals surface area contributed by atoms with Gasteiger partial charge in [-0.3, -0.25) is 4.98 Å². The lowest BCUT2D eigenvalue weighted by Gasteiger charge is -2.33. The molecule has 1 aliphatic heterocycles. The Balaban J connectivity index is 1.33. The van der Waals surface area contributed by atoms with E-state index in [1.807, 2.05) is 42.0 Å². The highest BCUT2D eigenvalue weighted by atomic mass is 16.2. The average Bonchev–Trinajstić information content (AvgIpc) is 3.15. The summed E-state index contributed by atoms with van der Waals surface area (Å²) >= 11 is 0. The Hall–Kier alpha value is -3.42. The van der Waals surface area contributed by atoms with E-state index in [0.29, 0.717) is 0 Å². The third-order valence-electron chi connectivity index (χ3n) is 4.86. The molecule has 0 saturated carbocycles. The van der Waals surface area contributed by atoms with Crippen molar-refractivity contribution in [2.24, 2.45) is 0 Å².